The molecule has 2 heterocycles. The molecule has 118 valence electrons. The van der Waals surface area contributed by atoms with E-state index in [0.717, 1.165) is 11.1 Å². The zero-order valence-electron chi connectivity index (χ0n) is 12.5. The fourth-order valence-corrected chi connectivity index (χ4v) is 2.94. The van der Waals surface area contributed by atoms with Crippen LogP contribution in [-0.2, 0) is 9.47 Å². The topological polar surface area (TPSA) is 86.7 Å². The van der Waals surface area contributed by atoms with E-state index in [1.807, 2.05) is 6.92 Å². The first-order valence-electron chi connectivity index (χ1n) is 7.26. The van der Waals surface area contributed by atoms with Gasteiger partial charge in [-0.3, -0.25) is 0 Å². The third-order valence-corrected chi connectivity index (χ3v) is 4.34. The second-order valence-corrected chi connectivity index (χ2v) is 5.69. The van der Waals surface area contributed by atoms with Gasteiger partial charge in [-0.1, -0.05) is 19.1 Å². The maximum Gasteiger partial charge on any atom is 0.346 e. The molecule has 0 saturated carbocycles. The van der Waals surface area contributed by atoms with Gasteiger partial charge in [-0.2, -0.15) is 0 Å². The minimum Gasteiger partial charge on any atom is -0.386 e. The molecule has 0 atom stereocenters. The standard InChI is InChI=1S/C18H10O6/c1-8(9-2-4-11-13(6-9)17(21)23-15(11)19)10-3-5-12-14(7-10)18(22)24-16(12)20/h2-8H,1H3. The lowest BCUT2D eigenvalue weighted by Crippen LogP contribution is -2.02. The lowest BCUT2D eigenvalue weighted by atomic mass is 9.89. The first-order chi connectivity index (χ1) is 11.5. The second-order valence-electron chi connectivity index (χ2n) is 5.69. The van der Waals surface area contributed by atoms with E-state index in [1.165, 1.54) is 0 Å². The summed E-state index contributed by atoms with van der Waals surface area (Å²) in [5.41, 5.74) is 2.55. The molecule has 2 aliphatic rings. The van der Waals surface area contributed by atoms with Crippen molar-refractivity contribution in [2.45, 2.75) is 12.8 Å². The summed E-state index contributed by atoms with van der Waals surface area (Å²) in [6, 6.07) is 9.81. The number of esters is 4. The quantitative estimate of drug-likeness (QED) is 0.623. The number of rotatable bonds is 2. The van der Waals surface area contributed by atoms with E-state index in [0.29, 0.717) is 0 Å². The summed E-state index contributed by atoms with van der Waals surface area (Å²) in [4.78, 5) is 46.3. The van der Waals surface area contributed by atoms with E-state index >= 15 is 0 Å². The highest BCUT2D eigenvalue weighted by Gasteiger charge is 2.32. The number of hydrogen-bond acceptors (Lipinski definition) is 6. The Morgan fingerprint density at radius 2 is 1.00 bits per heavy atom. The molecule has 2 aliphatic heterocycles. The minimum absolute atomic E-state index is 0.160. The van der Waals surface area contributed by atoms with E-state index in [4.69, 9.17) is 0 Å². The second kappa shape index (κ2) is 4.86. The third kappa shape index (κ3) is 1.96. The fraction of sp³-hybridized carbons (Fsp3) is 0.111. The van der Waals surface area contributed by atoms with Gasteiger partial charge in [0.05, 0.1) is 22.3 Å². The molecule has 4 rings (SSSR count). The van der Waals surface area contributed by atoms with Crippen molar-refractivity contribution in [3.8, 4) is 0 Å². The molecule has 0 aromatic heterocycles. The summed E-state index contributed by atoms with van der Waals surface area (Å²) in [6.45, 7) is 1.90. The molecule has 0 aliphatic carbocycles. The van der Waals surface area contributed by atoms with Gasteiger partial charge < -0.3 is 9.47 Å². The van der Waals surface area contributed by atoms with Crippen LogP contribution in [0.15, 0.2) is 36.4 Å². The van der Waals surface area contributed by atoms with Crippen LogP contribution in [0.1, 0.15) is 65.4 Å². The minimum atomic E-state index is -0.660. The van der Waals surface area contributed by atoms with Gasteiger partial charge in [-0.25, -0.2) is 19.2 Å². The van der Waals surface area contributed by atoms with Gasteiger partial charge in [-0.15, -0.1) is 0 Å². The number of hydrogen-bond donors (Lipinski definition) is 0. The van der Waals surface area contributed by atoms with Gasteiger partial charge in [-0.05, 0) is 35.4 Å². The fourth-order valence-electron chi connectivity index (χ4n) is 2.94. The Morgan fingerprint density at radius 3 is 1.42 bits per heavy atom. The van der Waals surface area contributed by atoms with E-state index in [9.17, 15) is 19.2 Å². The normalized spacial score (nSPS) is 15.4. The highest BCUT2D eigenvalue weighted by atomic mass is 16.6. The molecule has 0 saturated heterocycles. The van der Waals surface area contributed by atoms with Crippen molar-refractivity contribution in [3.63, 3.8) is 0 Å². The summed E-state index contributed by atoms with van der Waals surface area (Å²) in [5, 5.41) is 0. The van der Waals surface area contributed by atoms with Crippen LogP contribution in [0, 0.1) is 0 Å². The monoisotopic (exact) mass is 322 g/mol. The molecule has 0 radical (unpaired) electrons. The molecule has 6 heteroatoms. The maximum atomic E-state index is 11.7. The molecular formula is C18H10O6. The van der Waals surface area contributed by atoms with Gasteiger partial charge in [0.25, 0.3) is 0 Å². The van der Waals surface area contributed by atoms with Crippen LogP contribution in [0.4, 0.5) is 0 Å². The van der Waals surface area contributed by atoms with Crippen molar-refractivity contribution < 1.29 is 28.7 Å². The van der Waals surface area contributed by atoms with Gasteiger partial charge >= 0.3 is 23.9 Å². The van der Waals surface area contributed by atoms with Crippen LogP contribution in [0.25, 0.3) is 0 Å². The number of carbonyl (C=O) groups excluding carboxylic acids is 4. The SMILES string of the molecule is CC(c1ccc2c(c1)C(=O)OC2=O)c1ccc2c(c1)C(=O)OC2=O. The highest BCUT2D eigenvalue weighted by Crippen LogP contribution is 2.31. The summed E-state index contributed by atoms with van der Waals surface area (Å²) in [5.74, 6) is -2.77. The van der Waals surface area contributed by atoms with Crippen molar-refractivity contribution >= 4 is 23.9 Å². The Bertz CT molecular complexity index is 878. The highest BCUT2D eigenvalue weighted by molar-refractivity contribution is 6.15. The largest absolute Gasteiger partial charge is 0.386 e. The molecule has 0 amide bonds. The van der Waals surface area contributed by atoms with Crippen LogP contribution < -0.4 is 0 Å². The van der Waals surface area contributed by atoms with E-state index in [2.05, 4.69) is 9.47 Å². The molecule has 6 nitrogen and oxygen atoms in total. The molecule has 0 spiro atoms. The number of ether oxygens (including phenoxy) is 2. The van der Waals surface area contributed by atoms with Crippen molar-refractivity contribution in [2.75, 3.05) is 0 Å². The first kappa shape index (κ1) is 14.3. The number of carbonyl (C=O) groups is 4. The molecule has 24 heavy (non-hydrogen) atoms. The van der Waals surface area contributed by atoms with Crippen LogP contribution in [0.3, 0.4) is 0 Å². The Balaban J connectivity index is 1.74. The van der Waals surface area contributed by atoms with Crippen molar-refractivity contribution in [1.82, 2.24) is 0 Å². The summed E-state index contributed by atoms with van der Waals surface area (Å²) < 4.78 is 9.16. The number of cyclic esters (lactones) is 4. The van der Waals surface area contributed by atoms with Crippen LogP contribution in [0.5, 0.6) is 0 Å². The molecule has 0 fully saturated rings. The number of fused-ring (bicyclic) bond motifs is 2. The predicted octanol–water partition coefficient (Wildman–Crippen LogP) is 2.46. The van der Waals surface area contributed by atoms with Crippen molar-refractivity contribution in [3.05, 3.63) is 69.8 Å². The molecule has 2 aromatic rings. The Morgan fingerprint density at radius 1 is 0.625 bits per heavy atom. The molecule has 0 unspecified atom stereocenters. The summed E-state index contributed by atoms with van der Waals surface area (Å²) in [6.07, 6.45) is 0. The smallest absolute Gasteiger partial charge is 0.346 e. The lowest BCUT2D eigenvalue weighted by molar-refractivity contribution is 0.0425. The Hall–Kier alpha value is -3.28. The molecular weight excluding hydrogens is 312 g/mol. The average molecular weight is 322 g/mol. The van der Waals surface area contributed by atoms with Crippen LogP contribution >= 0.6 is 0 Å². The molecule has 2 aromatic carbocycles. The van der Waals surface area contributed by atoms with E-state index in [-0.39, 0.29) is 28.2 Å². The first-order valence-corrected chi connectivity index (χ1v) is 7.26. The Kier molecular flexibility index (Phi) is 2.90. The van der Waals surface area contributed by atoms with Crippen molar-refractivity contribution in [1.29, 1.82) is 0 Å². The Labute approximate surface area is 136 Å². The van der Waals surface area contributed by atoms with Crippen LogP contribution in [-0.4, -0.2) is 23.9 Å². The number of benzene rings is 2. The molecule has 0 bridgehead atoms. The summed E-state index contributed by atoms with van der Waals surface area (Å²) >= 11 is 0. The van der Waals surface area contributed by atoms with Gasteiger partial charge in [0, 0.05) is 5.92 Å². The average Bonchev–Trinajstić information content (AvgIpc) is 3.02. The van der Waals surface area contributed by atoms with Gasteiger partial charge in [0.2, 0.25) is 0 Å². The van der Waals surface area contributed by atoms with Crippen LogP contribution in [0.2, 0.25) is 0 Å². The van der Waals surface area contributed by atoms with E-state index in [1.54, 1.807) is 36.4 Å². The van der Waals surface area contributed by atoms with E-state index < -0.39 is 23.9 Å². The van der Waals surface area contributed by atoms with Gasteiger partial charge in [0.1, 0.15) is 0 Å². The zero-order chi connectivity index (χ0) is 17.0. The molecule has 0 N–H and O–H groups in total. The van der Waals surface area contributed by atoms with Gasteiger partial charge in [0.15, 0.2) is 0 Å². The maximum absolute atomic E-state index is 11.7. The lowest BCUT2D eigenvalue weighted by Gasteiger charge is -2.13. The summed E-state index contributed by atoms with van der Waals surface area (Å²) in [7, 11) is 0. The van der Waals surface area contributed by atoms with Crippen molar-refractivity contribution in [2.24, 2.45) is 0 Å². The zero-order valence-corrected chi connectivity index (χ0v) is 12.5. The predicted molar refractivity (Wildman–Crippen MR) is 79.9 cm³/mol. The third-order valence-electron chi connectivity index (χ3n) is 4.34.